The normalized spacial score (nSPS) is 15.8. The molecule has 28 heavy (non-hydrogen) atoms. The lowest BCUT2D eigenvalue weighted by Gasteiger charge is -2.35. The minimum Gasteiger partial charge on any atom is -0.493 e. The van der Waals surface area contributed by atoms with E-state index in [0.717, 1.165) is 19.4 Å². The smallest absolute Gasteiger partial charge is 0.255 e. The van der Waals surface area contributed by atoms with Crippen molar-refractivity contribution in [1.82, 2.24) is 10.2 Å². The first-order chi connectivity index (χ1) is 13.7. The number of nitrogens with one attached hydrogen (secondary N) is 1. The second-order valence-corrected chi connectivity index (χ2v) is 7.85. The van der Waals surface area contributed by atoms with Crippen LogP contribution in [0.3, 0.4) is 0 Å². The number of thiophene rings is 1. The quantitative estimate of drug-likeness (QED) is 0.676. The van der Waals surface area contributed by atoms with E-state index in [-0.39, 0.29) is 17.9 Å². The number of hydrogen-bond acceptors (Lipinski definition) is 4. The highest BCUT2D eigenvalue weighted by Gasteiger charge is 2.29. The Balaban J connectivity index is 1.49. The van der Waals surface area contributed by atoms with E-state index in [1.165, 1.54) is 10.4 Å². The summed E-state index contributed by atoms with van der Waals surface area (Å²) in [5, 5.41) is 5.03. The van der Waals surface area contributed by atoms with Crippen molar-refractivity contribution in [2.24, 2.45) is 0 Å². The molecule has 3 rings (SSSR count). The molecule has 6 heteroatoms. The van der Waals surface area contributed by atoms with Crippen molar-refractivity contribution in [2.75, 3.05) is 19.7 Å². The minimum absolute atomic E-state index is 0.163. The zero-order valence-corrected chi connectivity index (χ0v) is 17.4. The Bertz CT molecular complexity index is 818. The van der Waals surface area contributed by atoms with Gasteiger partial charge in [0.15, 0.2) is 0 Å². The van der Waals surface area contributed by atoms with E-state index in [1.54, 1.807) is 23.5 Å². The van der Waals surface area contributed by atoms with Crippen molar-refractivity contribution in [2.45, 2.75) is 45.6 Å². The fourth-order valence-corrected chi connectivity index (χ4v) is 4.68. The number of benzene rings is 1. The molecule has 150 valence electrons. The summed E-state index contributed by atoms with van der Waals surface area (Å²) in [5.41, 5.74) is 1.84. The maximum Gasteiger partial charge on any atom is 0.255 e. The van der Waals surface area contributed by atoms with Crippen LogP contribution in [0.15, 0.2) is 35.7 Å². The van der Waals surface area contributed by atoms with Gasteiger partial charge >= 0.3 is 0 Å². The maximum atomic E-state index is 12.7. The van der Waals surface area contributed by atoms with Crippen LogP contribution in [-0.4, -0.2) is 36.4 Å². The molecule has 1 atom stereocenters. The first-order valence-electron chi connectivity index (χ1n) is 10.0. The summed E-state index contributed by atoms with van der Waals surface area (Å²) in [6.07, 6.45) is 2.95. The number of rotatable bonds is 8. The lowest BCUT2D eigenvalue weighted by Crippen LogP contribution is -2.39. The molecule has 1 aromatic heterocycles. The van der Waals surface area contributed by atoms with Crippen LogP contribution in [0.4, 0.5) is 0 Å². The summed E-state index contributed by atoms with van der Waals surface area (Å²) in [6.45, 7) is 5.80. The summed E-state index contributed by atoms with van der Waals surface area (Å²) in [7, 11) is 0. The third-order valence-corrected chi connectivity index (χ3v) is 6.08. The maximum absolute atomic E-state index is 12.7. The SMILES string of the molecule is CCOc1ccccc1C(=O)NCCCC(=O)N1CCc2sccc2C1CC. The van der Waals surface area contributed by atoms with Crippen LogP contribution in [0, 0.1) is 0 Å². The van der Waals surface area contributed by atoms with E-state index >= 15 is 0 Å². The Kier molecular flexibility index (Phi) is 7.09. The molecule has 0 saturated heterocycles. The number of para-hydroxylation sites is 1. The Hall–Kier alpha value is -2.34. The number of ether oxygens (including phenoxy) is 1. The molecule has 5 nitrogen and oxygen atoms in total. The second kappa shape index (κ2) is 9.73. The molecule has 0 fully saturated rings. The molecular weight excluding hydrogens is 372 g/mol. The van der Waals surface area contributed by atoms with Crippen molar-refractivity contribution in [3.05, 3.63) is 51.7 Å². The molecular formula is C22H28N2O3S. The number of fused-ring (bicyclic) bond motifs is 1. The summed E-state index contributed by atoms with van der Waals surface area (Å²) < 4.78 is 5.51. The van der Waals surface area contributed by atoms with Gasteiger partial charge in [0, 0.05) is 24.4 Å². The van der Waals surface area contributed by atoms with E-state index in [4.69, 9.17) is 4.74 Å². The van der Waals surface area contributed by atoms with Crippen LogP contribution in [0.1, 0.15) is 60.0 Å². The fraction of sp³-hybridized carbons (Fsp3) is 0.455. The van der Waals surface area contributed by atoms with Gasteiger partial charge in [-0.1, -0.05) is 19.1 Å². The van der Waals surface area contributed by atoms with Crippen molar-refractivity contribution in [3.8, 4) is 5.75 Å². The van der Waals surface area contributed by atoms with E-state index in [0.29, 0.717) is 37.3 Å². The van der Waals surface area contributed by atoms with Crippen LogP contribution in [-0.2, 0) is 11.2 Å². The summed E-state index contributed by atoms with van der Waals surface area (Å²) in [4.78, 5) is 28.6. The third-order valence-electron chi connectivity index (χ3n) is 5.09. The van der Waals surface area contributed by atoms with Gasteiger partial charge < -0.3 is 15.0 Å². The Morgan fingerprint density at radius 1 is 1.25 bits per heavy atom. The fourth-order valence-electron chi connectivity index (χ4n) is 3.75. The third kappa shape index (κ3) is 4.55. The highest BCUT2D eigenvalue weighted by molar-refractivity contribution is 7.10. The van der Waals surface area contributed by atoms with Crippen molar-refractivity contribution in [3.63, 3.8) is 0 Å². The van der Waals surface area contributed by atoms with Crippen LogP contribution in [0.5, 0.6) is 5.75 Å². The van der Waals surface area contributed by atoms with Gasteiger partial charge in [-0.3, -0.25) is 9.59 Å². The van der Waals surface area contributed by atoms with Crippen LogP contribution >= 0.6 is 11.3 Å². The molecule has 2 heterocycles. The number of nitrogens with zero attached hydrogens (tertiary/aromatic N) is 1. The predicted molar refractivity (Wildman–Crippen MR) is 112 cm³/mol. The van der Waals surface area contributed by atoms with Crippen LogP contribution in [0.25, 0.3) is 0 Å². The molecule has 0 aliphatic carbocycles. The molecule has 2 aromatic rings. The number of amides is 2. The number of hydrogen-bond donors (Lipinski definition) is 1. The van der Waals surface area contributed by atoms with Gasteiger partial charge in [-0.15, -0.1) is 11.3 Å². The van der Waals surface area contributed by atoms with Gasteiger partial charge in [0.1, 0.15) is 5.75 Å². The van der Waals surface area contributed by atoms with Crippen molar-refractivity contribution in [1.29, 1.82) is 0 Å². The van der Waals surface area contributed by atoms with E-state index < -0.39 is 0 Å². The van der Waals surface area contributed by atoms with E-state index in [1.807, 2.05) is 24.0 Å². The molecule has 1 unspecified atom stereocenters. The predicted octanol–water partition coefficient (Wildman–Crippen LogP) is 4.19. The van der Waals surface area contributed by atoms with Crippen LogP contribution in [0.2, 0.25) is 0 Å². The lowest BCUT2D eigenvalue weighted by atomic mass is 9.97. The molecule has 2 amide bonds. The lowest BCUT2D eigenvalue weighted by molar-refractivity contribution is -0.134. The first kappa shape index (κ1) is 20.4. The molecule has 0 bridgehead atoms. The Labute approximate surface area is 170 Å². The van der Waals surface area contributed by atoms with E-state index in [9.17, 15) is 9.59 Å². The number of carbonyl (C=O) groups excluding carboxylic acids is 2. The highest BCUT2D eigenvalue weighted by Crippen LogP contribution is 2.35. The monoisotopic (exact) mass is 400 g/mol. The standard InChI is InChI=1S/C22H28N2O3S/c1-3-18-16-12-15-28-20(16)11-14-24(18)21(25)10-7-13-23-22(26)17-8-5-6-9-19(17)27-4-2/h5-6,8-9,12,15,18H,3-4,7,10-11,13-14H2,1-2H3,(H,23,26). The number of carbonyl (C=O) groups is 2. The van der Waals surface area contributed by atoms with Gasteiger partial charge in [-0.2, -0.15) is 0 Å². The Morgan fingerprint density at radius 2 is 2.07 bits per heavy atom. The molecule has 0 radical (unpaired) electrons. The first-order valence-corrected chi connectivity index (χ1v) is 10.9. The summed E-state index contributed by atoms with van der Waals surface area (Å²) in [5.74, 6) is 0.598. The minimum atomic E-state index is -0.163. The van der Waals surface area contributed by atoms with Crippen molar-refractivity contribution >= 4 is 23.2 Å². The average molecular weight is 401 g/mol. The summed E-state index contributed by atoms with van der Waals surface area (Å²) >= 11 is 1.79. The zero-order chi connectivity index (χ0) is 19.9. The topological polar surface area (TPSA) is 58.6 Å². The van der Waals surface area contributed by atoms with Gasteiger partial charge in [0.05, 0.1) is 18.2 Å². The largest absolute Gasteiger partial charge is 0.493 e. The molecule has 1 aliphatic heterocycles. The molecule has 0 spiro atoms. The second-order valence-electron chi connectivity index (χ2n) is 6.85. The zero-order valence-electron chi connectivity index (χ0n) is 16.6. The summed E-state index contributed by atoms with van der Waals surface area (Å²) in [6, 6.07) is 9.56. The molecule has 1 aliphatic rings. The van der Waals surface area contributed by atoms with Gasteiger partial charge in [-0.05, 0) is 55.3 Å². The van der Waals surface area contributed by atoms with Crippen LogP contribution < -0.4 is 10.1 Å². The van der Waals surface area contributed by atoms with Gasteiger partial charge in [-0.25, -0.2) is 0 Å². The van der Waals surface area contributed by atoms with Gasteiger partial charge in [0.25, 0.3) is 5.91 Å². The van der Waals surface area contributed by atoms with Crippen molar-refractivity contribution < 1.29 is 14.3 Å². The van der Waals surface area contributed by atoms with E-state index in [2.05, 4.69) is 23.7 Å². The molecule has 0 saturated carbocycles. The van der Waals surface area contributed by atoms with Gasteiger partial charge in [0.2, 0.25) is 5.91 Å². The molecule has 1 N–H and O–H groups in total. The average Bonchev–Trinajstić information content (AvgIpc) is 3.19. The highest BCUT2D eigenvalue weighted by atomic mass is 32.1. The Morgan fingerprint density at radius 3 is 2.86 bits per heavy atom. The molecule has 1 aromatic carbocycles.